The maximum atomic E-state index is 11.1. The van der Waals surface area contributed by atoms with E-state index in [2.05, 4.69) is 50.4 Å². The van der Waals surface area contributed by atoms with Gasteiger partial charge in [-0.05, 0) is 23.0 Å². The molecule has 24 heavy (non-hydrogen) atoms. The fourth-order valence-corrected chi connectivity index (χ4v) is 5.88. The molecule has 0 heterocycles. The first-order chi connectivity index (χ1) is 11.4. The quantitative estimate of drug-likeness (QED) is 0.419. The second kappa shape index (κ2) is 8.34. The Hall–Kier alpha value is -1.81. The third-order valence-electron chi connectivity index (χ3n) is 3.96. The summed E-state index contributed by atoms with van der Waals surface area (Å²) in [4.78, 5) is 11.1. The van der Waals surface area contributed by atoms with Crippen LogP contribution in [0.2, 0.25) is 0 Å². The van der Waals surface area contributed by atoms with Crippen molar-refractivity contribution in [3.63, 3.8) is 0 Å². The van der Waals surface area contributed by atoms with Gasteiger partial charge in [-0.1, -0.05) is 91.7 Å². The number of nitrogens with zero attached hydrogens (tertiary/aromatic N) is 1. The van der Waals surface area contributed by atoms with E-state index in [0.29, 0.717) is 0 Å². The van der Waals surface area contributed by atoms with E-state index in [4.69, 9.17) is 4.28 Å². The van der Waals surface area contributed by atoms with Gasteiger partial charge in [0.05, 0.1) is 0 Å². The van der Waals surface area contributed by atoms with Crippen molar-refractivity contribution in [3.05, 3.63) is 76.7 Å². The predicted molar refractivity (Wildman–Crippen MR) is 104 cm³/mol. The van der Waals surface area contributed by atoms with E-state index in [0.717, 1.165) is 23.7 Å². The predicted octanol–water partition coefficient (Wildman–Crippen LogP) is 6.24. The Morgan fingerprint density at radius 1 is 0.875 bits per heavy atom. The van der Waals surface area contributed by atoms with E-state index in [9.17, 15) is 4.91 Å². The Kier molecular flexibility index (Phi) is 6.44. The Balaban J connectivity index is 2.29. The third kappa shape index (κ3) is 6.00. The highest BCUT2D eigenvalue weighted by Gasteiger charge is 2.30. The monoisotopic (exact) mass is 345 g/mol. The van der Waals surface area contributed by atoms with Crippen LogP contribution in [-0.4, -0.2) is 5.75 Å². The van der Waals surface area contributed by atoms with Crippen molar-refractivity contribution in [2.24, 2.45) is 10.8 Å². The molecule has 2 rings (SSSR count). The average Bonchev–Trinajstić information content (AvgIpc) is 2.55. The minimum absolute atomic E-state index is 0.192. The highest BCUT2D eigenvalue weighted by molar-refractivity contribution is 8.28. The molecular formula is C20H27NO2S. The standard InChI is InChI=1S/C20H27NO2S/c1-20(2,3)14-15-24(23-21-22,16-18-10-6-4-7-11-18)17-19-12-8-5-9-13-19/h4-13H,14-17H2,1-3H3. The van der Waals surface area contributed by atoms with Crippen molar-refractivity contribution in [3.8, 4) is 0 Å². The highest BCUT2D eigenvalue weighted by atomic mass is 32.3. The van der Waals surface area contributed by atoms with E-state index in [1.807, 2.05) is 36.4 Å². The summed E-state index contributed by atoms with van der Waals surface area (Å²) in [5, 5.41) is 2.89. The lowest BCUT2D eigenvalue weighted by atomic mass is 9.94. The second-order valence-corrected chi connectivity index (χ2v) is 10.5. The Labute approximate surface area is 146 Å². The highest BCUT2D eigenvalue weighted by Crippen LogP contribution is 2.56. The zero-order chi connectivity index (χ0) is 17.5. The Morgan fingerprint density at radius 3 is 1.71 bits per heavy atom. The van der Waals surface area contributed by atoms with Crippen molar-refractivity contribution in [2.75, 3.05) is 5.75 Å². The molecule has 0 aliphatic rings. The van der Waals surface area contributed by atoms with Crippen LogP contribution < -0.4 is 0 Å². The molecule has 0 fully saturated rings. The van der Waals surface area contributed by atoms with Crippen molar-refractivity contribution in [2.45, 2.75) is 38.7 Å². The molecule has 0 spiro atoms. The maximum absolute atomic E-state index is 11.1. The molecule has 130 valence electrons. The smallest absolute Gasteiger partial charge is 0.166 e. The van der Waals surface area contributed by atoms with Gasteiger partial charge in [0.15, 0.2) is 5.34 Å². The van der Waals surface area contributed by atoms with Crippen molar-refractivity contribution >= 4 is 10.3 Å². The number of rotatable bonds is 8. The fraction of sp³-hybridized carbons (Fsp3) is 0.400. The van der Waals surface area contributed by atoms with E-state index in [-0.39, 0.29) is 5.41 Å². The molecule has 0 aliphatic heterocycles. The van der Waals surface area contributed by atoms with Crippen molar-refractivity contribution in [1.82, 2.24) is 0 Å². The molecule has 0 radical (unpaired) electrons. The normalized spacial score (nSPS) is 12.6. The van der Waals surface area contributed by atoms with E-state index in [1.54, 1.807) is 0 Å². The van der Waals surface area contributed by atoms with Gasteiger partial charge in [0.2, 0.25) is 0 Å². The summed E-state index contributed by atoms with van der Waals surface area (Å²) in [5.41, 5.74) is 2.58. The van der Waals surface area contributed by atoms with Crippen LogP contribution >= 0.6 is 10.3 Å². The van der Waals surface area contributed by atoms with Gasteiger partial charge < -0.3 is 4.28 Å². The largest absolute Gasteiger partial charge is 0.311 e. The third-order valence-corrected chi connectivity index (χ3v) is 7.00. The van der Waals surface area contributed by atoms with Gasteiger partial charge in [0, 0.05) is 17.3 Å². The van der Waals surface area contributed by atoms with E-state index in [1.165, 1.54) is 11.1 Å². The van der Waals surface area contributed by atoms with Crippen LogP contribution in [0.25, 0.3) is 0 Å². The molecule has 0 unspecified atom stereocenters. The average molecular weight is 346 g/mol. The molecule has 0 saturated heterocycles. The Bertz CT molecular complexity index is 582. The van der Waals surface area contributed by atoms with Gasteiger partial charge in [-0.25, -0.2) is 0 Å². The van der Waals surface area contributed by atoms with Crippen molar-refractivity contribution < 1.29 is 4.28 Å². The van der Waals surface area contributed by atoms with Crippen LogP contribution in [0.4, 0.5) is 0 Å². The SMILES string of the molecule is CC(C)(C)CCS(Cc1ccccc1)(Cc1ccccc1)ON=O. The molecule has 2 aromatic rings. The van der Waals surface area contributed by atoms with Gasteiger partial charge >= 0.3 is 0 Å². The molecule has 0 aliphatic carbocycles. The summed E-state index contributed by atoms with van der Waals surface area (Å²) in [5.74, 6) is 2.38. The van der Waals surface area contributed by atoms with E-state index >= 15 is 0 Å². The first kappa shape index (κ1) is 18.5. The lowest BCUT2D eigenvalue weighted by Crippen LogP contribution is -2.17. The number of hydrogen-bond donors (Lipinski definition) is 0. The minimum atomic E-state index is -1.67. The zero-order valence-corrected chi connectivity index (χ0v) is 15.6. The fourth-order valence-electron chi connectivity index (χ4n) is 2.60. The topological polar surface area (TPSA) is 38.7 Å². The minimum Gasteiger partial charge on any atom is -0.311 e. The Morgan fingerprint density at radius 2 is 1.33 bits per heavy atom. The van der Waals surface area contributed by atoms with Crippen molar-refractivity contribution in [1.29, 1.82) is 0 Å². The molecule has 3 nitrogen and oxygen atoms in total. The number of hydrogen-bond acceptors (Lipinski definition) is 3. The summed E-state index contributed by atoms with van der Waals surface area (Å²) in [6, 6.07) is 20.5. The molecule has 0 saturated carbocycles. The molecular weight excluding hydrogens is 318 g/mol. The molecule has 4 heteroatoms. The molecule has 0 aromatic heterocycles. The summed E-state index contributed by atoms with van der Waals surface area (Å²) in [7, 11) is -1.67. The maximum Gasteiger partial charge on any atom is 0.166 e. The lowest BCUT2D eigenvalue weighted by Gasteiger charge is -2.37. The van der Waals surface area contributed by atoms with Crippen LogP contribution in [0.5, 0.6) is 0 Å². The van der Waals surface area contributed by atoms with E-state index < -0.39 is 10.3 Å². The van der Waals surface area contributed by atoms with Crippen LogP contribution in [0.3, 0.4) is 0 Å². The van der Waals surface area contributed by atoms with Gasteiger partial charge in [-0.3, -0.25) is 0 Å². The number of benzene rings is 2. The molecule has 0 N–H and O–H groups in total. The zero-order valence-electron chi connectivity index (χ0n) is 14.8. The molecule has 2 aromatic carbocycles. The molecule has 0 atom stereocenters. The van der Waals surface area contributed by atoms with Gasteiger partial charge in [0.25, 0.3) is 0 Å². The van der Waals surface area contributed by atoms with Gasteiger partial charge in [-0.15, -0.1) is 4.91 Å². The van der Waals surface area contributed by atoms with Crippen LogP contribution in [0.1, 0.15) is 38.3 Å². The lowest BCUT2D eigenvalue weighted by molar-refractivity contribution is 0.359. The van der Waals surface area contributed by atoms with Crippen LogP contribution in [0.15, 0.2) is 66.0 Å². The first-order valence-electron chi connectivity index (χ1n) is 8.28. The van der Waals surface area contributed by atoms with Gasteiger partial charge in [-0.2, -0.15) is 0 Å². The molecule has 0 amide bonds. The van der Waals surface area contributed by atoms with Crippen LogP contribution in [0, 0.1) is 10.3 Å². The van der Waals surface area contributed by atoms with Gasteiger partial charge in [0.1, 0.15) is 0 Å². The summed E-state index contributed by atoms with van der Waals surface area (Å²) < 4.78 is 5.59. The summed E-state index contributed by atoms with van der Waals surface area (Å²) >= 11 is 0. The van der Waals surface area contributed by atoms with Crippen LogP contribution in [-0.2, 0) is 15.8 Å². The molecule has 0 bridgehead atoms. The second-order valence-electron chi connectivity index (χ2n) is 7.39. The first-order valence-corrected chi connectivity index (χ1v) is 10.3. The summed E-state index contributed by atoms with van der Waals surface area (Å²) in [6.07, 6.45) is 0.998. The summed E-state index contributed by atoms with van der Waals surface area (Å²) in [6.45, 7) is 6.66.